The van der Waals surface area contributed by atoms with E-state index in [-0.39, 0.29) is 5.69 Å². The van der Waals surface area contributed by atoms with E-state index in [9.17, 15) is 10.1 Å². The van der Waals surface area contributed by atoms with Gasteiger partial charge >= 0.3 is 0 Å². The van der Waals surface area contributed by atoms with Gasteiger partial charge in [0.1, 0.15) is 0 Å². The molecule has 0 amide bonds. The molecule has 0 unspecified atom stereocenters. The summed E-state index contributed by atoms with van der Waals surface area (Å²) < 4.78 is 5.61. The molecule has 0 bridgehead atoms. The van der Waals surface area contributed by atoms with Gasteiger partial charge < -0.3 is 9.32 Å². The third-order valence-corrected chi connectivity index (χ3v) is 4.61. The summed E-state index contributed by atoms with van der Waals surface area (Å²) >= 11 is 1.55. The molecule has 1 aliphatic heterocycles. The molecule has 1 saturated heterocycles. The highest BCUT2D eigenvalue weighted by molar-refractivity contribution is 7.99. The lowest BCUT2D eigenvalue weighted by Gasteiger charge is -2.25. The molecule has 1 aromatic heterocycles. The second-order valence-corrected chi connectivity index (χ2v) is 6.47. The molecule has 2 heterocycles. The summed E-state index contributed by atoms with van der Waals surface area (Å²) in [5, 5.41) is 19.2. The van der Waals surface area contributed by atoms with Gasteiger partial charge in [-0.05, 0) is 38.1 Å². The normalized spacial score (nSPS) is 15.7. The van der Waals surface area contributed by atoms with Crippen molar-refractivity contribution in [2.24, 2.45) is 0 Å². The predicted molar refractivity (Wildman–Crippen MR) is 87.4 cm³/mol. The van der Waals surface area contributed by atoms with E-state index in [1.165, 1.54) is 44.5 Å². The van der Waals surface area contributed by atoms with Gasteiger partial charge in [-0.15, -0.1) is 10.2 Å². The van der Waals surface area contributed by atoms with E-state index in [4.69, 9.17) is 4.42 Å². The monoisotopic (exact) mass is 334 g/mol. The van der Waals surface area contributed by atoms with Gasteiger partial charge in [-0.1, -0.05) is 18.2 Å². The predicted octanol–water partition coefficient (Wildman–Crippen LogP) is 3.22. The van der Waals surface area contributed by atoms with Gasteiger partial charge in [0.25, 0.3) is 10.9 Å². The Labute approximate surface area is 138 Å². The molecule has 1 aliphatic rings. The van der Waals surface area contributed by atoms with E-state index in [0.717, 1.165) is 12.3 Å². The van der Waals surface area contributed by atoms with Crippen molar-refractivity contribution in [2.45, 2.75) is 24.5 Å². The SMILES string of the molecule is O=[N+]([O-])c1ccc(-c2nnc(SCCN3CCCCC3)o2)cc1. The van der Waals surface area contributed by atoms with Crippen LogP contribution in [0, 0.1) is 10.1 Å². The quantitative estimate of drug-likeness (QED) is 0.455. The molecule has 0 N–H and O–H groups in total. The van der Waals surface area contributed by atoms with E-state index in [1.54, 1.807) is 23.9 Å². The van der Waals surface area contributed by atoms with Crippen LogP contribution in [-0.4, -0.2) is 45.4 Å². The van der Waals surface area contributed by atoms with Crippen LogP contribution >= 0.6 is 11.8 Å². The van der Waals surface area contributed by atoms with E-state index in [2.05, 4.69) is 15.1 Å². The molecule has 7 nitrogen and oxygen atoms in total. The van der Waals surface area contributed by atoms with Gasteiger partial charge in [0.2, 0.25) is 5.89 Å². The fourth-order valence-electron chi connectivity index (χ4n) is 2.56. The highest BCUT2D eigenvalue weighted by atomic mass is 32.2. The Kier molecular flexibility index (Phi) is 5.24. The summed E-state index contributed by atoms with van der Waals surface area (Å²) in [6, 6.07) is 6.10. The van der Waals surface area contributed by atoms with Crippen molar-refractivity contribution in [3.63, 3.8) is 0 Å². The molecule has 122 valence electrons. The van der Waals surface area contributed by atoms with Crippen molar-refractivity contribution in [1.29, 1.82) is 0 Å². The number of rotatable bonds is 6. The molecule has 0 atom stereocenters. The molecular weight excluding hydrogens is 316 g/mol. The molecule has 1 fully saturated rings. The van der Waals surface area contributed by atoms with Crippen LogP contribution in [0.25, 0.3) is 11.5 Å². The van der Waals surface area contributed by atoms with Gasteiger partial charge in [0.05, 0.1) is 4.92 Å². The van der Waals surface area contributed by atoms with Crippen molar-refractivity contribution in [2.75, 3.05) is 25.4 Å². The number of nitrogens with zero attached hydrogens (tertiary/aromatic N) is 4. The Morgan fingerprint density at radius 3 is 2.61 bits per heavy atom. The average molecular weight is 334 g/mol. The Balaban J connectivity index is 1.54. The van der Waals surface area contributed by atoms with Gasteiger partial charge in [-0.2, -0.15) is 0 Å². The van der Waals surface area contributed by atoms with Crippen LogP contribution < -0.4 is 0 Å². The number of nitro groups is 1. The molecule has 23 heavy (non-hydrogen) atoms. The van der Waals surface area contributed by atoms with Crippen LogP contribution in [0.1, 0.15) is 19.3 Å². The van der Waals surface area contributed by atoms with E-state index in [1.807, 2.05) is 0 Å². The minimum Gasteiger partial charge on any atom is -0.411 e. The van der Waals surface area contributed by atoms with Crippen LogP contribution in [0.2, 0.25) is 0 Å². The Morgan fingerprint density at radius 1 is 1.17 bits per heavy atom. The molecule has 0 aliphatic carbocycles. The first-order valence-corrected chi connectivity index (χ1v) is 8.64. The molecule has 0 radical (unpaired) electrons. The number of likely N-dealkylation sites (tertiary alicyclic amines) is 1. The molecule has 3 rings (SSSR count). The second kappa shape index (κ2) is 7.56. The Morgan fingerprint density at radius 2 is 1.91 bits per heavy atom. The maximum atomic E-state index is 10.6. The number of hydrogen-bond acceptors (Lipinski definition) is 7. The topological polar surface area (TPSA) is 85.3 Å². The summed E-state index contributed by atoms with van der Waals surface area (Å²) in [7, 11) is 0. The fraction of sp³-hybridized carbons (Fsp3) is 0.467. The molecule has 2 aromatic rings. The fourth-order valence-corrected chi connectivity index (χ4v) is 3.32. The maximum Gasteiger partial charge on any atom is 0.276 e. The lowest BCUT2D eigenvalue weighted by molar-refractivity contribution is -0.384. The first-order chi connectivity index (χ1) is 11.2. The largest absolute Gasteiger partial charge is 0.411 e. The van der Waals surface area contributed by atoms with Crippen molar-refractivity contribution in [3.8, 4) is 11.5 Å². The molecule has 8 heteroatoms. The van der Waals surface area contributed by atoms with Gasteiger partial charge in [-0.3, -0.25) is 10.1 Å². The number of hydrogen-bond donors (Lipinski definition) is 0. The van der Waals surface area contributed by atoms with Crippen LogP contribution in [0.5, 0.6) is 0 Å². The minimum atomic E-state index is -0.431. The van der Waals surface area contributed by atoms with Crippen molar-refractivity contribution in [1.82, 2.24) is 15.1 Å². The third-order valence-electron chi connectivity index (χ3n) is 3.81. The average Bonchev–Trinajstić information content (AvgIpc) is 3.05. The van der Waals surface area contributed by atoms with Crippen LogP contribution in [0.3, 0.4) is 0 Å². The Hall–Kier alpha value is -1.93. The van der Waals surface area contributed by atoms with Crippen molar-refractivity contribution < 1.29 is 9.34 Å². The smallest absolute Gasteiger partial charge is 0.276 e. The van der Waals surface area contributed by atoms with Gasteiger partial charge in [-0.25, -0.2) is 0 Å². The van der Waals surface area contributed by atoms with Crippen LogP contribution in [0.15, 0.2) is 33.9 Å². The molecular formula is C15H18N4O3S. The zero-order chi connectivity index (χ0) is 16.1. The molecule has 0 saturated carbocycles. The Bertz CT molecular complexity index is 653. The van der Waals surface area contributed by atoms with Crippen LogP contribution in [-0.2, 0) is 0 Å². The summed E-state index contributed by atoms with van der Waals surface area (Å²) in [4.78, 5) is 12.7. The highest BCUT2D eigenvalue weighted by Crippen LogP contribution is 2.25. The van der Waals surface area contributed by atoms with E-state index >= 15 is 0 Å². The zero-order valence-corrected chi connectivity index (χ0v) is 13.5. The minimum absolute atomic E-state index is 0.0457. The number of aromatic nitrogens is 2. The summed E-state index contributed by atoms with van der Waals surface area (Å²) in [6.45, 7) is 3.39. The standard InChI is InChI=1S/C15H18N4O3S/c20-19(21)13-6-4-12(5-7-13)14-16-17-15(22-14)23-11-10-18-8-2-1-3-9-18/h4-7H,1-3,8-11H2. The maximum absolute atomic E-state index is 10.6. The summed E-state index contributed by atoms with van der Waals surface area (Å²) in [5.74, 6) is 1.31. The third kappa shape index (κ3) is 4.29. The van der Waals surface area contributed by atoms with Crippen molar-refractivity contribution in [3.05, 3.63) is 34.4 Å². The lowest BCUT2D eigenvalue weighted by Crippen LogP contribution is -2.31. The number of piperidine rings is 1. The number of nitro benzene ring substituents is 1. The summed E-state index contributed by atoms with van der Waals surface area (Å²) in [6.07, 6.45) is 3.91. The second-order valence-electron chi connectivity index (χ2n) is 5.43. The van der Waals surface area contributed by atoms with Gasteiger partial charge in [0, 0.05) is 30.0 Å². The molecule has 0 spiro atoms. The summed E-state index contributed by atoms with van der Waals surface area (Å²) in [5.41, 5.74) is 0.732. The lowest BCUT2D eigenvalue weighted by atomic mass is 10.1. The highest BCUT2D eigenvalue weighted by Gasteiger charge is 2.13. The number of non-ortho nitro benzene ring substituents is 1. The van der Waals surface area contributed by atoms with Gasteiger partial charge in [0.15, 0.2) is 0 Å². The van der Waals surface area contributed by atoms with Crippen LogP contribution in [0.4, 0.5) is 5.69 Å². The van der Waals surface area contributed by atoms with E-state index in [0.29, 0.717) is 16.7 Å². The first kappa shape index (κ1) is 15.9. The number of benzene rings is 1. The first-order valence-electron chi connectivity index (χ1n) is 7.66. The number of thioether (sulfide) groups is 1. The zero-order valence-electron chi connectivity index (χ0n) is 12.7. The molecule has 1 aromatic carbocycles. The van der Waals surface area contributed by atoms with E-state index < -0.39 is 4.92 Å². The van der Waals surface area contributed by atoms with Crippen molar-refractivity contribution >= 4 is 17.4 Å².